The predicted octanol–water partition coefficient (Wildman–Crippen LogP) is 3.04. The van der Waals surface area contributed by atoms with E-state index in [-0.39, 0.29) is 25.1 Å². The van der Waals surface area contributed by atoms with Crippen molar-refractivity contribution in [2.75, 3.05) is 27.8 Å². The maximum atomic E-state index is 12.8. The molecule has 7 heteroatoms. The molecule has 122 valence electrons. The van der Waals surface area contributed by atoms with E-state index in [1.165, 1.54) is 20.4 Å². The third kappa shape index (κ3) is 4.51. The summed E-state index contributed by atoms with van der Waals surface area (Å²) in [4.78, 5) is 17.0. The minimum Gasteiger partial charge on any atom is -0.467 e. The van der Waals surface area contributed by atoms with Gasteiger partial charge in [-0.1, -0.05) is 15.9 Å². The van der Waals surface area contributed by atoms with Crippen molar-refractivity contribution >= 4 is 21.7 Å². The molecule has 0 saturated carbocycles. The molecule has 0 aliphatic heterocycles. The van der Waals surface area contributed by atoms with Crippen LogP contribution in [0.5, 0.6) is 11.5 Å². The lowest BCUT2D eigenvalue weighted by atomic mass is 10.1. The number of ether oxygens (including phenoxy) is 4. The standard InChI is InChI=1S/C16H16BrNO5/c1-20-9-22-13-6-5-11(17)8-12(13)16(19)15-14(23-10-21-2)4-3-7-18-15/h3-8H,9-10H2,1-2H3. The van der Waals surface area contributed by atoms with Crippen molar-refractivity contribution in [3.8, 4) is 11.5 Å². The summed E-state index contributed by atoms with van der Waals surface area (Å²) in [5.41, 5.74) is 0.544. The summed E-state index contributed by atoms with van der Waals surface area (Å²) in [6.45, 7) is 0.0641. The van der Waals surface area contributed by atoms with Crippen LogP contribution in [0.15, 0.2) is 41.0 Å². The quantitative estimate of drug-likeness (QED) is 0.517. The van der Waals surface area contributed by atoms with E-state index in [0.29, 0.717) is 17.1 Å². The van der Waals surface area contributed by atoms with Gasteiger partial charge in [-0.05, 0) is 30.3 Å². The molecular weight excluding hydrogens is 366 g/mol. The lowest BCUT2D eigenvalue weighted by Crippen LogP contribution is -2.11. The first-order valence-electron chi connectivity index (χ1n) is 6.70. The van der Waals surface area contributed by atoms with Crippen molar-refractivity contribution in [2.24, 2.45) is 0 Å². The first-order valence-corrected chi connectivity index (χ1v) is 7.49. The maximum Gasteiger partial charge on any atom is 0.218 e. The summed E-state index contributed by atoms with van der Waals surface area (Å²) >= 11 is 3.36. The Labute approximate surface area is 142 Å². The number of halogens is 1. The molecule has 1 aromatic heterocycles. The van der Waals surface area contributed by atoms with E-state index >= 15 is 0 Å². The van der Waals surface area contributed by atoms with Crippen LogP contribution < -0.4 is 9.47 Å². The molecular formula is C16H16BrNO5. The molecule has 0 aliphatic rings. The number of hydrogen-bond acceptors (Lipinski definition) is 6. The Hall–Kier alpha value is -1.96. The molecule has 0 fully saturated rings. The van der Waals surface area contributed by atoms with E-state index in [1.807, 2.05) is 0 Å². The van der Waals surface area contributed by atoms with Crippen LogP contribution in [0.4, 0.5) is 0 Å². The van der Waals surface area contributed by atoms with Gasteiger partial charge in [-0.2, -0.15) is 0 Å². The number of carbonyl (C=O) groups excluding carboxylic acids is 1. The molecule has 6 nitrogen and oxygen atoms in total. The molecule has 0 aliphatic carbocycles. The molecule has 2 aromatic rings. The van der Waals surface area contributed by atoms with Gasteiger partial charge in [0.15, 0.2) is 25.0 Å². The van der Waals surface area contributed by atoms with Crippen LogP contribution >= 0.6 is 15.9 Å². The Morgan fingerprint density at radius 2 is 1.78 bits per heavy atom. The van der Waals surface area contributed by atoms with E-state index in [9.17, 15) is 4.79 Å². The highest BCUT2D eigenvalue weighted by atomic mass is 79.9. The molecule has 0 spiro atoms. The van der Waals surface area contributed by atoms with Crippen LogP contribution in [0.25, 0.3) is 0 Å². The summed E-state index contributed by atoms with van der Waals surface area (Å²) in [7, 11) is 3.01. The number of carbonyl (C=O) groups is 1. The fraction of sp³-hybridized carbons (Fsp3) is 0.250. The number of pyridine rings is 1. The molecule has 0 radical (unpaired) electrons. The van der Waals surface area contributed by atoms with Gasteiger partial charge < -0.3 is 18.9 Å². The van der Waals surface area contributed by atoms with E-state index < -0.39 is 0 Å². The van der Waals surface area contributed by atoms with Crippen molar-refractivity contribution in [1.82, 2.24) is 4.98 Å². The van der Waals surface area contributed by atoms with Gasteiger partial charge in [0, 0.05) is 24.9 Å². The fourth-order valence-electron chi connectivity index (χ4n) is 1.86. The number of aromatic nitrogens is 1. The second-order valence-corrected chi connectivity index (χ2v) is 5.34. The summed E-state index contributed by atoms with van der Waals surface area (Å²) in [5.74, 6) is 0.435. The topological polar surface area (TPSA) is 66.9 Å². The Bertz CT molecular complexity index is 677. The number of hydrogen-bond donors (Lipinski definition) is 0. The summed E-state index contributed by atoms with van der Waals surface area (Å²) < 4.78 is 21.4. The molecule has 2 rings (SSSR count). The summed E-state index contributed by atoms with van der Waals surface area (Å²) in [6.07, 6.45) is 1.53. The van der Waals surface area contributed by atoms with Gasteiger partial charge in [0.25, 0.3) is 0 Å². The molecule has 0 amide bonds. The van der Waals surface area contributed by atoms with Gasteiger partial charge in [0.1, 0.15) is 5.75 Å². The minimum absolute atomic E-state index is 0.0253. The average Bonchev–Trinajstić information content (AvgIpc) is 2.58. The number of ketones is 1. The first kappa shape index (κ1) is 17.4. The number of benzene rings is 1. The smallest absolute Gasteiger partial charge is 0.218 e. The van der Waals surface area contributed by atoms with Crippen molar-refractivity contribution in [2.45, 2.75) is 0 Å². The molecule has 23 heavy (non-hydrogen) atoms. The Kier molecular flexibility index (Phi) is 6.52. The third-order valence-electron chi connectivity index (χ3n) is 2.84. The van der Waals surface area contributed by atoms with Gasteiger partial charge in [0.2, 0.25) is 5.78 Å². The lowest BCUT2D eigenvalue weighted by Gasteiger charge is -2.12. The van der Waals surface area contributed by atoms with Gasteiger partial charge in [-0.15, -0.1) is 0 Å². The van der Waals surface area contributed by atoms with E-state index in [0.717, 1.165) is 4.47 Å². The average molecular weight is 382 g/mol. The second-order valence-electron chi connectivity index (χ2n) is 4.42. The number of methoxy groups -OCH3 is 2. The zero-order valence-electron chi connectivity index (χ0n) is 12.7. The van der Waals surface area contributed by atoms with Gasteiger partial charge in [0.05, 0.1) is 5.56 Å². The molecule has 1 heterocycles. The Balaban J connectivity index is 2.38. The number of nitrogens with zero attached hydrogens (tertiary/aromatic N) is 1. The molecule has 0 bridgehead atoms. The second kappa shape index (κ2) is 8.61. The SMILES string of the molecule is COCOc1ccc(Br)cc1C(=O)c1ncccc1OCOC. The highest BCUT2D eigenvalue weighted by Crippen LogP contribution is 2.28. The van der Waals surface area contributed by atoms with Crippen LogP contribution in [0.2, 0.25) is 0 Å². The minimum atomic E-state index is -0.316. The van der Waals surface area contributed by atoms with Gasteiger partial charge >= 0.3 is 0 Å². The Morgan fingerprint density at radius 1 is 1.09 bits per heavy atom. The van der Waals surface area contributed by atoms with E-state index in [1.54, 1.807) is 30.3 Å². The number of rotatable bonds is 8. The summed E-state index contributed by atoms with van der Waals surface area (Å²) in [5, 5.41) is 0. The third-order valence-corrected chi connectivity index (χ3v) is 3.33. The fourth-order valence-corrected chi connectivity index (χ4v) is 2.22. The van der Waals surface area contributed by atoms with Crippen LogP contribution in [-0.2, 0) is 9.47 Å². The van der Waals surface area contributed by atoms with Crippen molar-refractivity contribution in [3.63, 3.8) is 0 Å². The highest BCUT2D eigenvalue weighted by molar-refractivity contribution is 9.10. The largest absolute Gasteiger partial charge is 0.467 e. The molecule has 0 unspecified atom stereocenters. The van der Waals surface area contributed by atoms with Crippen molar-refractivity contribution in [3.05, 3.63) is 52.3 Å². The van der Waals surface area contributed by atoms with Gasteiger partial charge in [-0.3, -0.25) is 4.79 Å². The molecule has 0 saturated heterocycles. The van der Waals surface area contributed by atoms with Gasteiger partial charge in [-0.25, -0.2) is 4.98 Å². The zero-order valence-corrected chi connectivity index (χ0v) is 14.3. The predicted molar refractivity (Wildman–Crippen MR) is 86.8 cm³/mol. The van der Waals surface area contributed by atoms with Crippen molar-refractivity contribution < 1.29 is 23.7 Å². The molecule has 0 N–H and O–H groups in total. The van der Waals surface area contributed by atoms with E-state index in [4.69, 9.17) is 18.9 Å². The normalized spacial score (nSPS) is 10.4. The zero-order chi connectivity index (χ0) is 16.7. The Morgan fingerprint density at radius 3 is 2.48 bits per heavy atom. The maximum absolute atomic E-state index is 12.8. The molecule has 1 aromatic carbocycles. The van der Waals surface area contributed by atoms with Crippen LogP contribution in [0, 0.1) is 0 Å². The summed E-state index contributed by atoms with van der Waals surface area (Å²) in [6, 6.07) is 8.48. The van der Waals surface area contributed by atoms with Crippen LogP contribution in [0.3, 0.4) is 0 Å². The first-order chi connectivity index (χ1) is 11.2. The molecule has 0 atom stereocenters. The lowest BCUT2D eigenvalue weighted by molar-refractivity contribution is 0.0492. The van der Waals surface area contributed by atoms with E-state index in [2.05, 4.69) is 20.9 Å². The monoisotopic (exact) mass is 381 g/mol. The highest BCUT2D eigenvalue weighted by Gasteiger charge is 2.20. The van der Waals surface area contributed by atoms with Crippen LogP contribution in [-0.4, -0.2) is 38.6 Å². The van der Waals surface area contributed by atoms with Crippen molar-refractivity contribution in [1.29, 1.82) is 0 Å². The van der Waals surface area contributed by atoms with Crippen LogP contribution in [0.1, 0.15) is 16.1 Å².